The van der Waals surface area contributed by atoms with E-state index in [0.717, 1.165) is 32.1 Å². The van der Waals surface area contributed by atoms with Gasteiger partial charge >= 0.3 is 5.97 Å². The molecular weight excluding hydrogens is 300 g/mol. The van der Waals surface area contributed by atoms with Crippen LogP contribution in [0.5, 0.6) is 0 Å². The van der Waals surface area contributed by atoms with Crippen molar-refractivity contribution in [2.75, 3.05) is 0 Å². The van der Waals surface area contributed by atoms with Crippen LogP contribution < -0.4 is 0 Å². The van der Waals surface area contributed by atoms with E-state index in [2.05, 4.69) is 13.8 Å². The van der Waals surface area contributed by atoms with Crippen LogP contribution in [0.2, 0.25) is 0 Å². The van der Waals surface area contributed by atoms with Crippen molar-refractivity contribution < 1.29 is 14.3 Å². The van der Waals surface area contributed by atoms with Gasteiger partial charge in [-0.3, -0.25) is 9.59 Å². The summed E-state index contributed by atoms with van der Waals surface area (Å²) in [5.41, 5.74) is 0.323. The third-order valence-corrected chi connectivity index (χ3v) is 8.59. The molecule has 4 fully saturated rings. The summed E-state index contributed by atoms with van der Waals surface area (Å²) in [6, 6.07) is 0. The number of Topliss-reactive ketones (excluding diaryl/α,β-unsaturated/α-hetero) is 1. The van der Waals surface area contributed by atoms with Crippen LogP contribution in [0.3, 0.4) is 0 Å². The quantitative estimate of drug-likeness (QED) is 0.663. The second-order valence-corrected chi connectivity index (χ2v) is 9.57. The van der Waals surface area contributed by atoms with Crippen LogP contribution in [-0.2, 0) is 14.3 Å². The Labute approximate surface area is 145 Å². The number of ether oxygens (including phenoxy) is 1. The van der Waals surface area contributed by atoms with Crippen molar-refractivity contribution >= 4 is 11.8 Å². The molecule has 0 aromatic heterocycles. The van der Waals surface area contributed by atoms with Gasteiger partial charge in [-0.05, 0) is 61.7 Å². The molecule has 3 heteroatoms. The lowest BCUT2D eigenvalue weighted by Crippen LogP contribution is -2.56. The zero-order valence-corrected chi connectivity index (χ0v) is 15.5. The summed E-state index contributed by atoms with van der Waals surface area (Å²) >= 11 is 0. The maximum absolute atomic E-state index is 13.0. The largest absolute Gasteiger partial charge is 0.462 e. The lowest BCUT2D eigenvalue weighted by atomic mass is 9.45. The summed E-state index contributed by atoms with van der Waals surface area (Å²) in [4.78, 5) is 24.5. The molecule has 0 aromatic carbocycles. The minimum atomic E-state index is -0.150. The Bertz CT molecular complexity index is 555. The maximum Gasteiger partial charge on any atom is 0.302 e. The van der Waals surface area contributed by atoms with Gasteiger partial charge in [0.15, 0.2) is 0 Å². The van der Waals surface area contributed by atoms with E-state index in [4.69, 9.17) is 4.74 Å². The van der Waals surface area contributed by atoms with Crippen LogP contribution in [0.1, 0.15) is 78.6 Å². The number of ketones is 1. The van der Waals surface area contributed by atoms with Crippen molar-refractivity contribution in [2.45, 2.75) is 84.7 Å². The van der Waals surface area contributed by atoms with Gasteiger partial charge in [-0.1, -0.05) is 26.7 Å². The molecule has 134 valence electrons. The van der Waals surface area contributed by atoms with Crippen LogP contribution in [0.25, 0.3) is 0 Å². The van der Waals surface area contributed by atoms with Crippen molar-refractivity contribution in [3.8, 4) is 0 Å². The molecule has 7 atom stereocenters. The molecule has 4 saturated carbocycles. The minimum Gasteiger partial charge on any atom is -0.462 e. The molecule has 3 nitrogen and oxygen atoms in total. The molecule has 0 N–H and O–H groups in total. The first-order chi connectivity index (χ1) is 11.4. The Hall–Kier alpha value is -0.860. The highest BCUT2D eigenvalue weighted by molar-refractivity contribution is 5.83. The van der Waals surface area contributed by atoms with E-state index in [9.17, 15) is 9.59 Å². The molecule has 0 aromatic rings. The molecule has 1 unspecified atom stereocenters. The zero-order chi connectivity index (χ0) is 17.1. The number of hydrogen-bond donors (Lipinski definition) is 0. The first kappa shape index (κ1) is 16.6. The third-order valence-electron chi connectivity index (χ3n) is 8.59. The van der Waals surface area contributed by atoms with E-state index in [1.807, 2.05) is 0 Å². The Morgan fingerprint density at radius 2 is 1.75 bits per heavy atom. The molecule has 0 bridgehead atoms. The zero-order valence-electron chi connectivity index (χ0n) is 15.5. The van der Waals surface area contributed by atoms with E-state index < -0.39 is 0 Å². The number of carbonyl (C=O) groups is 2. The molecule has 0 amide bonds. The lowest BCUT2D eigenvalue weighted by Gasteiger charge is -2.59. The van der Waals surface area contributed by atoms with E-state index in [1.54, 1.807) is 0 Å². The highest BCUT2D eigenvalue weighted by Crippen LogP contribution is 2.65. The second kappa shape index (κ2) is 5.57. The molecule has 0 spiro atoms. The summed E-state index contributed by atoms with van der Waals surface area (Å²) in [5, 5.41) is 0. The summed E-state index contributed by atoms with van der Waals surface area (Å²) in [7, 11) is 0. The predicted octanol–water partition coefficient (Wildman–Crippen LogP) is 4.53. The van der Waals surface area contributed by atoms with Crippen LogP contribution in [0.4, 0.5) is 0 Å². The second-order valence-electron chi connectivity index (χ2n) is 9.57. The van der Waals surface area contributed by atoms with Gasteiger partial charge in [0, 0.05) is 24.7 Å². The monoisotopic (exact) mass is 332 g/mol. The molecule has 0 radical (unpaired) electrons. The number of rotatable bonds is 1. The molecule has 0 heterocycles. The van der Waals surface area contributed by atoms with Gasteiger partial charge in [0.2, 0.25) is 0 Å². The fourth-order valence-electron chi connectivity index (χ4n) is 7.44. The number of fused-ring (bicyclic) bond motifs is 5. The van der Waals surface area contributed by atoms with Crippen molar-refractivity contribution in [3.63, 3.8) is 0 Å². The highest BCUT2D eigenvalue weighted by Gasteiger charge is 2.62. The fourth-order valence-corrected chi connectivity index (χ4v) is 7.44. The maximum atomic E-state index is 13.0. The molecular formula is C21H32O3. The average Bonchev–Trinajstić information content (AvgIpc) is 2.84. The van der Waals surface area contributed by atoms with Gasteiger partial charge in [-0.25, -0.2) is 0 Å². The Morgan fingerprint density at radius 3 is 2.50 bits per heavy atom. The minimum absolute atomic E-state index is 0.0629. The standard InChI is InChI=1S/C21H32O3/c1-13(22)24-19-8-7-15-14-12-18(23)17-6-4-5-10-20(17,2)16(14)9-11-21(15,19)3/h14-17,19H,4-12H2,1-3H3/t14-,15-,16-,17+,19?,20+,21-/m0/s1. The van der Waals surface area contributed by atoms with Gasteiger partial charge < -0.3 is 4.74 Å². The van der Waals surface area contributed by atoms with Crippen LogP contribution in [0, 0.1) is 34.5 Å². The van der Waals surface area contributed by atoms with E-state index >= 15 is 0 Å². The van der Waals surface area contributed by atoms with Crippen LogP contribution in [-0.4, -0.2) is 17.9 Å². The Balaban J connectivity index is 1.63. The van der Waals surface area contributed by atoms with E-state index in [0.29, 0.717) is 29.5 Å². The van der Waals surface area contributed by atoms with Gasteiger partial charge in [0.05, 0.1) is 0 Å². The average molecular weight is 332 g/mol. The number of esters is 1. The molecule has 24 heavy (non-hydrogen) atoms. The van der Waals surface area contributed by atoms with Crippen LogP contribution in [0.15, 0.2) is 0 Å². The molecule has 0 saturated heterocycles. The number of carbonyl (C=O) groups excluding carboxylic acids is 2. The fraction of sp³-hybridized carbons (Fsp3) is 0.905. The van der Waals surface area contributed by atoms with Crippen molar-refractivity contribution in [1.29, 1.82) is 0 Å². The van der Waals surface area contributed by atoms with E-state index in [1.165, 1.54) is 32.6 Å². The number of hydrogen-bond acceptors (Lipinski definition) is 3. The third kappa shape index (κ3) is 2.22. The predicted molar refractivity (Wildman–Crippen MR) is 92.3 cm³/mol. The van der Waals surface area contributed by atoms with Crippen LogP contribution >= 0.6 is 0 Å². The van der Waals surface area contributed by atoms with E-state index in [-0.39, 0.29) is 22.9 Å². The lowest BCUT2D eigenvalue weighted by molar-refractivity contribution is -0.166. The van der Waals surface area contributed by atoms with Gasteiger partial charge in [0.1, 0.15) is 11.9 Å². The van der Waals surface area contributed by atoms with Crippen molar-refractivity contribution in [3.05, 3.63) is 0 Å². The summed E-state index contributed by atoms with van der Waals surface area (Å²) < 4.78 is 5.70. The molecule has 4 aliphatic carbocycles. The molecule has 4 aliphatic rings. The Kier molecular flexibility index (Phi) is 3.85. The molecule has 4 rings (SSSR count). The topological polar surface area (TPSA) is 43.4 Å². The van der Waals surface area contributed by atoms with Crippen molar-refractivity contribution in [2.24, 2.45) is 34.5 Å². The van der Waals surface area contributed by atoms with Gasteiger partial charge in [0.25, 0.3) is 0 Å². The first-order valence-corrected chi connectivity index (χ1v) is 10.1. The Morgan fingerprint density at radius 1 is 1.00 bits per heavy atom. The summed E-state index contributed by atoms with van der Waals surface area (Å²) in [6.45, 7) is 6.28. The highest BCUT2D eigenvalue weighted by atomic mass is 16.5. The van der Waals surface area contributed by atoms with Crippen molar-refractivity contribution in [1.82, 2.24) is 0 Å². The van der Waals surface area contributed by atoms with Gasteiger partial charge in [-0.15, -0.1) is 0 Å². The van der Waals surface area contributed by atoms with Gasteiger partial charge in [-0.2, -0.15) is 0 Å². The summed E-state index contributed by atoms with van der Waals surface area (Å²) in [5.74, 6) is 2.50. The first-order valence-electron chi connectivity index (χ1n) is 10.1. The molecule has 0 aliphatic heterocycles. The summed E-state index contributed by atoms with van der Waals surface area (Å²) in [6.07, 6.45) is 10.2. The normalized spacial score (nSPS) is 50.6. The smallest absolute Gasteiger partial charge is 0.302 e. The SMILES string of the molecule is CC(=O)OC1CC[C@H]2[C@@H]3CC(=O)[C@H]4CCCC[C@]4(C)[C@H]3CC[C@]12C.